The maximum atomic E-state index is 13.8. The summed E-state index contributed by atoms with van der Waals surface area (Å²) in [4.78, 5) is 21.7. The summed E-state index contributed by atoms with van der Waals surface area (Å²) in [6, 6.07) is 4.40. The Balaban J connectivity index is 2.01. The zero-order valence-electron chi connectivity index (χ0n) is 15.1. The van der Waals surface area contributed by atoms with Crippen LogP contribution in [0.15, 0.2) is 41.4 Å². The van der Waals surface area contributed by atoms with Crippen LogP contribution < -0.4 is 11.1 Å². The van der Waals surface area contributed by atoms with Crippen LogP contribution in [-0.4, -0.2) is 21.8 Å². The minimum Gasteiger partial charge on any atom is -0.383 e. The first-order chi connectivity index (χ1) is 13.4. The number of allylic oxidation sites excluding steroid dienone is 2. The molecule has 0 unspecified atom stereocenters. The number of nitrogens with zero attached hydrogens (tertiary/aromatic N) is 2. The molecule has 2 aromatic rings. The van der Waals surface area contributed by atoms with E-state index in [0.29, 0.717) is 35.0 Å². The predicted molar refractivity (Wildman–Crippen MR) is 117 cm³/mol. The first kappa shape index (κ1) is 20.6. The molecule has 0 bridgehead atoms. The Hall–Kier alpha value is -2.16. The number of hydrogen-bond donors (Lipinski definition) is 2. The number of nitrogens with two attached hydrogens (primary N) is 1. The van der Waals surface area contributed by atoms with Crippen molar-refractivity contribution < 1.29 is 9.18 Å². The van der Waals surface area contributed by atoms with Crippen molar-refractivity contribution in [1.29, 1.82) is 0 Å². The summed E-state index contributed by atoms with van der Waals surface area (Å²) in [7, 11) is 0. The zero-order chi connectivity index (χ0) is 20.3. The molecule has 0 fully saturated rings. The molecule has 0 atom stereocenters. The molecule has 1 heterocycles. The molecule has 0 saturated carbocycles. The van der Waals surface area contributed by atoms with Gasteiger partial charge >= 0.3 is 0 Å². The number of benzene rings is 1. The van der Waals surface area contributed by atoms with E-state index >= 15 is 0 Å². The molecule has 0 saturated heterocycles. The van der Waals surface area contributed by atoms with E-state index in [1.54, 1.807) is 12.1 Å². The average molecular weight is 437 g/mol. The van der Waals surface area contributed by atoms with Crippen LogP contribution >= 0.6 is 34.7 Å². The van der Waals surface area contributed by atoms with Crippen LogP contribution in [0.25, 0.3) is 5.70 Å². The van der Waals surface area contributed by atoms with Crippen LogP contribution in [0.4, 0.5) is 14.3 Å². The smallest absolute Gasteiger partial charge is 0.285 e. The monoisotopic (exact) mass is 436 g/mol. The van der Waals surface area contributed by atoms with E-state index in [2.05, 4.69) is 21.9 Å². The Kier molecular flexibility index (Phi) is 6.53. The van der Waals surface area contributed by atoms with Gasteiger partial charge in [0.2, 0.25) is 0 Å². The maximum Gasteiger partial charge on any atom is 0.285 e. The van der Waals surface area contributed by atoms with Gasteiger partial charge in [-0.05, 0) is 36.3 Å². The highest BCUT2D eigenvalue weighted by molar-refractivity contribution is 8.13. The van der Waals surface area contributed by atoms with E-state index in [-0.39, 0.29) is 16.1 Å². The van der Waals surface area contributed by atoms with Crippen molar-refractivity contribution in [1.82, 2.24) is 4.98 Å². The van der Waals surface area contributed by atoms with Crippen molar-refractivity contribution in [3.05, 3.63) is 63.4 Å². The molecule has 0 aliphatic heterocycles. The molecule has 1 aromatic carbocycles. The van der Waals surface area contributed by atoms with Crippen molar-refractivity contribution in [3.8, 4) is 0 Å². The SMILES string of the molecule is C=CC1=C(/N=C(\N)c2cccc(F)c2Cl)c2sc(NC(=O)SCC)nc2CC1. The fourth-order valence-corrected chi connectivity index (χ4v) is 4.49. The second kappa shape index (κ2) is 8.89. The first-order valence-corrected chi connectivity index (χ1v) is 10.7. The predicted octanol–water partition coefficient (Wildman–Crippen LogP) is 5.47. The minimum atomic E-state index is -0.559. The largest absolute Gasteiger partial charge is 0.383 e. The number of amidine groups is 1. The topological polar surface area (TPSA) is 80.4 Å². The molecule has 3 rings (SSSR count). The van der Waals surface area contributed by atoms with Gasteiger partial charge in [-0.2, -0.15) is 0 Å². The molecule has 0 spiro atoms. The summed E-state index contributed by atoms with van der Waals surface area (Å²) in [6.07, 6.45) is 3.14. The molecule has 146 valence electrons. The molecule has 5 nitrogen and oxygen atoms in total. The average Bonchev–Trinajstić information content (AvgIpc) is 3.07. The van der Waals surface area contributed by atoms with Gasteiger partial charge in [-0.3, -0.25) is 10.1 Å². The number of aliphatic imine (C=N–C) groups is 1. The van der Waals surface area contributed by atoms with Gasteiger partial charge in [-0.15, -0.1) is 0 Å². The molecular formula is C19H18ClFN4OS2. The lowest BCUT2D eigenvalue weighted by molar-refractivity contribution is 0.270. The molecular weight excluding hydrogens is 419 g/mol. The zero-order valence-corrected chi connectivity index (χ0v) is 17.5. The van der Waals surface area contributed by atoms with Crippen molar-refractivity contribution >= 4 is 56.6 Å². The number of thiazole rings is 1. The lowest BCUT2D eigenvalue weighted by Gasteiger charge is -2.15. The number of anilines is 1. The lowest BCUT2D eigenvalue weighted by Crippen LogP contribution is -2.15. The summed E-state index contributed by atoms with van der Waals surface area (Å²) in [6.45, 7) is 5.76. The number of hydrogen-bond acceptors (Lipinski definition) is 5. The van der Waals surface area contributed by atoms with Crippen LogP contribution in [0.2, 0.25) is 5.02 Å². The number of aromatic nitrogens is 1. The van der Waals surface area contributed by atoms with Crippen molar-refractivity contribution in [3.63, 3.8) is 0 Å². The van der Waals surface area contributed by atoms with Gasteiger partial charge in [0.05, 0.1) is 21.3 Å². The number of carbonyl (C=O) groups excluding carboxylic acids is 1. The van der Waals surface area contributed by atoms with E-state index in [1.165, 1.54) is 35.2 Å². The number of carbonyl (C=O) groups is 1. The number of thioether (sulfide) groups is 1. The number of fused-ring (bicyclic) bond motifs is 1. The van der Waals surface area contributed by atoms with Crippen molar-refractivity contribution in [2.75, 3.05) is 11.1 Å². The van der Waals surface area contributed by atoms with E-state index in [9.17, 15) is 9.18 Å². The first-order valence-electron chi connectivity index (χ1n) is 8.52. The number of halogens is 2. The van der Waals surface area contributed by atoms with E-state index in [4.69, 9.17) is 17.3 Å². The summed E-state index contributed by atoms with van der Waals surface area (Å²) in [5.74, 6) is 0.223. The van der Waals surface area contributed by atoms with Gasteiger partial charge in [0.15, 0.2) is 5.13 Å². The molecule has 9 heteroatoms. The van der Waals surface area contributed by atoms with Crippen LogP contribution in [0.1, 0.15) is 29.5 Å². The summed E-state index contributed by atoms with van der Waals surface area (Å²) in [5, 5.41) is 3.07. The molecule has 1 amide bonds. The third-order valence-corrected chi connectivity index (χ3v) is 6.10. The highest BCUT2D eigenvalue weighted by Crippen LogP contribution is 2.39. The molecule has 3 N–H and O–H groups in total. The summed E-state index contributed by atoms with van der Waals surface area (Å²) >= 11 is 8.54. The van der Waals surface area contributed by atoms with Gasteiger partial charge in [-0.25, -0.2) is 14.4 Å². The van der Waals surface area contributed by atoms with Gasteiger partial charge in [0.25, 0.3) is 5.24 Å². The number of nitrogens with one attached hydrogen (secondary N) is 1. The third-order valence-electron chi connectivity index (χ3n) is 4.04. The normalized spacial score (nSPS) is 14.0. The van der Waals surface area contributed by atoms with Crippen LogP contribution in [0.3, 0.4) is 0 Å². The molecule has 1 aromatic heterocycles. The standard InChI is InChI=1S/C19H18ClFN4OS2/c1-3-10-8-9-13-16(28-18(23-13)25-19(26)27-4-2)15(10)24-17(22)11-6-5-7-12(21)14(11)20/h3,5-7H,1,4,8-9H2,2H3,(H2,22,24)(H,23,25,26). The third kappa shape index (κ3) is 4.29. The van der Waals surface area contributed by atoms with Crippen LogP contribution in [-0.2, 0) is 6.42 Å². The Morgan fingerprint density at radius 3 is 3.04 bits per heavy atom. The van der Waals surface area contributed by atoms with Crippen molar-refractivity contribution in [2.24, 2.45) is 10.7 Å². The van der Waals surface area contributed by atoms with Gasteiger partial charge in [0, 0.05) is 5.56 Å². The van der Waals surface area contributed by atoms with Crippen molar-refractivity contribution in [2.45, 2.75) is 19.8 Å². The Morgan fingerprint density at radius 1 is 1.54 bits per heavy atom. The highest BCUT2D eigenvalue weighted by atomic mass is 35.5. The Morgan fingerprint density at radius 2 is 2.32 bits per heavy atom. The number of aryl methyl sites for hydroxylation is 1. The minimum absolute atomic E-state index is 0.0746. The summed E-state index contributed by atoms with van der Waals surface area (Å²) < 4.78 is 13.8. The Labute approximate surface area is 175 Å². The molecule has 1 aliphatic carbocycles. The fraction of sp³-hybridized carbons (Fsp3) is 0.211. The second-order valence-corrected chi connectivity index (χ2v) is 8.43. The second-order valence-electron chi connectivity index (χ2n) is 5.82. The van der Waals surface area contributed by atoms with E-state index < -0.39 is 5.82 Å². The quantitative estimate of drug-likeness (QED) is 0.481. The summed E-state index contributed by atoms with van der Waals surface area (Å²) in [5.41, 5.74) is 8.83. The molecule has 0 radical (unpaired) electrons. The molecule has 28 heavy (non-hydrogen) atoms. The Bertz CT molecular complexity index is 1000. The van der Waals surface area contributed by atoms with E-state index in [0.717, 1.165) is 16.1 Å². The highest BCUT2D eigenvalue weighted by Gasteiger charge is 2.24. The fourth-order valence-electron chi connectivity index (χ4n) is 2.74. The van der Waals surface area contributed by atoms with Crippen LogP contribution in [0, 0.1) is 5.82 Å². The number of rotatable bonds is 5. The van der Waals surface area contributed by atoms with Gasteiger partial charge < -0.3 is 5.73 Å². The van der Waals surface area contributed by atoms with Gasteiger partial charge in [0.1, 0.15) is 11.7 Å². The van der Waals surface area contributed by atoms with E-state index in [1.807, 2.05) is 6.92 Å². The molecule has 1 aliphatic rings. The number of amides is 1. The van der Waals surface area contributed by atoms with Crippen LogP contribution in [0.5, 0.6) is 0 Å². The lowest BCUT2D eigenvalue weighted by atomic mass is 9.98. The van der Waals surface area contributed by atoms with Gasteiger partial charge in [-0.1, -0.05) is 60.3 Å². The maximum absolute atomic E-state index is 13.8.